The fourth-order valence-corrected chi connectivity index (χ4v) is 2.79. The smallest absolute Gasteiger partial charge is 0.124 e. The highest BCUT2D eigenvalue weighted by atomic mass is 35.5. The summed E-state index contributed by atoms with van der Waals surface area (Å²) in [5, 5.41) is 4.67. The van der Waals surface area contributed by atoms with Gasteiger partial charge in [0.1, 0.15) is 12.4 Å². The summed E-state index contributed by atoms with van der Waals surface area (Å²) in [5.74, 6) is 0.861. The Morgan fingerprint density at radius 2 is 1.81 bits per heavy atom. The van der Waals surface area contributed by atoms with Gasteiger partial charge in [0, 0.05) is 34.3 Å². The lowest BCUT2D eigenvalue weighted by atomic mass is 10.2. The van der Waals surface area contributed by atoms with E-state index in [4.69, 9.17) is 32.7 Å². The Hall–Kier alpha value is -0.970. The summed E-state index contributed by atoms with van der Waals surface area (Å²) in [6.07, 6.45) is 1.27. The van der Waals surface area contributed by atoms with Crippen molar-refractivity contribution in [3.8, 4) is 5.75 Å². The van der Waals surface area contributed by atoms with E-state index >= 15 is 0 Å². The van der Waals surface area contributed by atoms with E-state index in [1.165, 1.54) is 0 Å². The van der Waals surface area contributed by atoms with Gasteiger partial charge in [0.2, 0.25) is 0 Å². The second kappa shape index (κ2) is 12.4. The lowest BCUT2D eigenvalue weighted by Crippen LogP contribution is -2.18. The Morgan fingerprint density at radius 1 is 1.04 bits per heavy atom. The zero-order valence-electron chi connectivity index (χ0n) is 15.1. The van der Waals surface area contributed by atoms with Crippen molar-refractivity contribution in [2.75, 3.05) is 13.2 Å². The predicted octanol–water partition coefficient (Wildman–Crippen LogP) is 5.90. The first-order chi connectivity index (χ1) is 12.1. The molecule has 0 spiro atoms. The highest BCUT2D eigenvalue weighted by Crippen LogP contribution is 2.24. The van der Waals surface area contributed by atoms with Crippen LogP contribution in [0.2, 0.25) is 10.0 Å². The molecule has 0 bridgehead atoms. The van der Waals surface area contributed by atoms with Crippen molar-refractivity contribution in [2.45, 2.75) is 39.5 Å². The van der Waals surface area contributed by atoms with Crippen molar-refractivity contribution in [2.24, 2.45) is 0 Å². The average Bonchev–Trinajstić information content (AvgIpc) is 2.58. The first-order valence-corrected chi connectivity index (χ1v) is 9.29. The first-order valence-electron chi connectivity index (χ1n) is 8.53. The number of para-hydroxylation sites is 1. The molecule has 2 aromatic carbocycles. The summed E-state index contributed by atoms with van der Waals surface area (Å²) < 4.78 is 11.5. The lowest BCUT2D eigenvalue weighted by Gasteiger charge is -2.13. The molecule has 3 nitrogen and oxygen atoms in total. The van der Waals surface area contributed by atoms with E-state index in [1.807, 2.05) is 44.2 Å². The van der Waals surface area contributed by atoms with Crippen LogP contribution in [0, 0.1) is 0 Å². The fraction of sp³-hybridized carbons (Fsp3) is 0.400. The third kappa shape index (κ3) is 8.15. The van der Waals surface area contributed by atoms with Gasteiger partial charge >= 0.3 is 0 Å². The second-order valence-corrected chi connectivity index (χ2v) is 6.93. The van der Waals surface area contributed by atoms with Gasteiger partial charge in [0.25, 0.3) is 0 Å². The Labute approximate surface area is 172 Å². The fourth-order valence-electron chi connectivity index (χ4n) is 2.32. The zero-order chi connectivity index (χ0) is 18.1. The van der Waals surface area contributed by atoms with Gasteiger partial charge in [-0.15, -0.1) is 12.4 Å². The Morgan fingerprint density at radius 3 is 2.54 bits per heavy atom. The summed E-state index contributed by atoms with van der Waals surface area (Å²) in [6.45, 7) is 6.95. The maximum atomic E-state index is 6.20. The summed E-state index contributed by atoms with van der Waals surface area (Å²) >= 11 is 12.1. The van der Waals surface area contributed by atoms with Crippen LogP contribution in [0.1, 0.15) is 31.4 Å². The molecule has 6 heteroatoms. The third-order valence-electron chi connectivity index (χ3n) is 3.64. The standard InChI is InChI=1S/C20H25Cl2NO2.ClH/c1-15(2)24-11-5-10-23-13-16-6-3-4-7-20(16)25-14-17-8-9-18(21)12-19(17)22;/h3-4,6-9,12,15,23H,5,10-11,13-14H2,1-2H3;1H. The highest BCUT2D eigenvalue weighted by molar-refractivity contribution is 6.35. The molecular formula is C20H26Cl3NO2. The molecule has 0 saturated heterocycles. The first kappa shape index (κ1) is 23.1. The number of halogens is 3. The number of hydrogen-bond acceptors (Lipinski definition) is 3. The van der Waals surface area contributed by atoms with Gasteiger partial charge in [0.15, 0.2) is 0 Å². The lowest BCUT2D eigenvalue weighted by molar-refractivity contribution is 0.0770. The summed E-state index contributed by atoms with van der Waals surface area (Å²) in [4.78, 5) is 0. The number of benzene rings is 2. The van der Waals surface area contributed by atoms with Gasteiger partial charge in [-0.2, -0.15) is 0 Å². The molecule has 0 heterocycles. The van der Waals surface area contributed by atoms with Crippen molar-refractivity contribution in [3.63, 3.8) is 0 Å². The van der Waals surface area contributed by atoms with Gasteiger partial charge in [-0.25, -0.2) is 0 Å². The Kier molecular flexibility index (Phi) is 11.0. The van der Waals surface area contributed by atoms with Gasteiger partial charge in [-0.1, -0.05) is 47.5 Å². The van der Waals surface area contributed by atoms with Crippen LogP contribution in [-0.4, -0.2) is 19.3 Å². The molecule has 26 heavy (non-hydrogen) atoms. The summed E-state index contributed by atoms with van der Waals surface area (Å²) in [7, 11) is 0. The van der Waals surface area contributed by atoms with E-state index < -0.39 is 0 Å². The molecule has 0 radical (unpaired) electrons. The van der Waals surface area contributed by atoms with Crippen molar-refractivity contribution < 1.29 is 9.47 Å². The van der Waals surface area contributed by atoms with E-state index in [0.717, 1.165) is 43.0 Å². The zero-order valence-corrected chi connectivity index (χ0v) is 17.5. The topological polar surface area (TPSA) is 30.5 Å². The molecule has 0 saturated carbocycles. The molecule has 1 N–H and O–H groups in total. The number of ether oxygens (including phenoxy) is 2. The van der Waals surface area contributed by atoms with Crippen molar-refractivity contribution >= 4 is 35.6 Å². The minimum Gasteiger partial charge on any atom is -0.489 e. The van der Waals surface area contributed by atoms with Crippen molar-refractivity contribution in [1.82, 2.24) is 5.32 Å². The van der Waals surface area contributed by atoms with E-state index in [2.05, 4.69) is 11.4 Å². The number of hydrogen-bond donors (Lipinski definition) is 1. The molecule has 0 aliphatic rings. The average molecular weight is 419 g/mol. The maximum Gasteiger partial charge on any atom is 0.124 e. The molecule has 144 valence electrons. The molecule has 2 aromatic rings. The van der Waals surface area contributed by atoms with Crippen LogP contribution in [0.5, 0.6) is 5.75 Å². The van der Waals surface area contributed by atoms with Gasteiger partial charge < -0.3 is 14.8 Å². The van der Waals surface area contributed by atoms with E-state index in [1.54, 1.807) is 6.07 Å². The van der Waals surface area contributed by atoms with Crippen LogP contribution in [0.3, 0.4) is 0 Å². The molecule has 0 amide bonds. The molecule has 0 unspecified atom stereocenters. The van der Waals surface area contributed by atoms with Gasteiger partial charge in [-0.3, -0.25) is 0 Å². The van der Waals surface area contributed by atoms with Gasteiger partial charge in [-0.05, 0) is 45.0 Å². The van der Waals surface area contributed by atoms with Crippen molar-refractivity contribution in [3.05, 3.63) is 63.6 Å². The van der Waals surface area contributed by atoms with Crippen LogP contribution in [0.25, 0.3) is 0 Å². The Bertz CT molecular complexity index is 665. The summed E-state index contributed by atoms with van der Waals surface area (Å²) in [6, 6.07) is 13.5. The van der Waals surface area contributed by atoms with Gasteiger partial charge in [0.05, 0.1) is 6.10 Å². The number of rotatable bonds is 10. The summed E-state index contributed by atoms with van der Waals surface area (Å²) in [5.41, 5.74) is 2.04. The van der Waals surface area contributed by atoms with E-state index in [9.17, 15) is 0 Å². The minimum atomic E-state index is 0. The Balaban J connectivity index is 0.00000338. The predicted molar refractivity (Wildman–Crippen MR) is 112 cm³/mol. The quantitative estimate of drug-likeness (QED) is 0.487. The van der Waals surface area contributed by atoms with Crippen LogP contribution < -0.4 is 10.1 Å². The molecule has 0 atom stereocenters. The molecule has 0 aliphatic carbocycles. The molecular weight excluding hydrogens is 393 g/mol. The van der Waals surface area contributed by atoms with E-state index in [0.29, 0.717) is 16.7 Å². The van der Waals surface area contributed by atoms with E-state index in [-0.39, 0.29) is 18.5 Å². The third-order valence-corrected chi connectivity index (χ3v) is 4.22. The second-order valence-electron chi connectivity index (χ2n) is 6.08. The minimum absolute atomic E-state index is 0. The van der Waals surface area contributed by atoms with Crippen LogP contribution in [0.4, 0.5) is 0 Å². The van der Waals surface area contributed by atoms with Crippen LogP contribution in [-0.2, 0) is 17.9 Å². The van der Waals surface area contributed by atoms with Crippen molar-refractivity contribution in [1.29, 1.82) is 0 Å². The maximum absolute atomic E-state index is 6.20. The molecule has 2 rings (SSSR count). The monoisotopic (exact) mass is 417 g/mol. The SMILES string of the molecule is CC(C)OCCCNCc1ccccc1OCc1ccc(Cl)cc1Cl.Cl. The van der Waals surface area contributed by atoms with Crippen LogP contribution >= 0.6 is 35.6 Å². The molecule has 0 fully saturated rings. The normalized spacial score (nSPS) is 10.7. The molecule has 0 aromatic heterocycles. The highest BCUT2D eigenvalue weighted by Gasteiger charge is 2.06. The largest absolute Gasteiger partial charge is 0.489 e. The van der Waals surface area contributed by atoms with Crippen LogP contribution in [0.15, 0.2) is 42.5 Å². The molecule has 0 aliphatic heterocycles. The number of nitrogens with one attached hydrogen (secondary N) is 1.